The van der Waals surface area contributed by atoms with Crippen LogP contribution in [-0.4, -0.2) is 29.4 Å². The Balaban J connectivity index is 2.16. The molecule has 3 nitrogen and oxygen atoms in total. The van der Waals surface area contributed by atoms with E-state index in [1.807, 2.05) is 73.6 Å². The Labute approximate surface area is 140 Å². The molecule has 2 aromatic carbocycles. The molecule has 0 fully saturated rings. The van der Waals surface area contributed by atoms with E-state index in [9.17, 15) is 9.90 Å². The number of hydrogen-bond acceptors (Lipinski definition) is 4. The summed E-state index contributed by atoms with van der Waals surface area (Å²) in [4.78, 5) is 13.5. The van der Waals surface area contributed by atoms with Crippen LogP contribution in [0.25, 0.3) is 0 Å². The van der Waals surface area contributed by atoms with Crippen LogP contribution in [0.5, 0.6) is 0 Å². The van der Waals surface area contributed by atoms with Crippen molar-refractivity contribution < 1.29 is 9.90 Å². The molecule has 0 radical (unpaired) electrons. The molecule has 0 bridgehead atoms. The number of aliphatic carboxylic acids is 1. The van der Waals surface area contributed by atoms with Crippen molar-refractivity contribution in [1.29, 1.82) is 0 Å². The summed E-state index contributed by atoms with van der Waals surface area (Å²) < 4.78 is 0.585. The molecule has 22 heavy (non-hydrogen) atoms. The van der Waals surface area contributed by atoms with E-state index in [1.54, 1.807) is 0 Å². The van der Waals surface area contributed by atoms with Crippen LogP contribution in [0.3, 0.4) is 0 Å². The molecule has 0 aliphatic rings. The maximum Gasteiger partial charge on any atom is 0.321 e. The van der Waals surface area contributed by atoms with E-state index in [2.05, 4.69) is 0 Å². The van der Waals surface area contributed by atoms with Crippen LogP contribution in [0.1, 0.15) is 16.4 Å². The molecular weight excluding hydrogens is 314 g/mol. The summed E-state index contributed by atoms with van der Waals surface area (Å²) in [5.74, 6) is -0.886. The number of carboxylic acid groups (broad SMARTS) is 1. The molecule has 114 valence electrons. The van der Waals surface area contributed by atoms with E-state index in [0.717, 1.165) is 16.8 Å². The average Bonchev–Trinajstić information content (AvgIpc) is 2.53. The molecule has 2 rings (SSSR count). The van der Waals surface area contributed by atoms with Crippen molar-refractivity contribution in [3.63, 3.8) is 0 Å². The summed E-state index contributed by atoms with van der Waals surface area (Å²) in [5.41, 5.74) is 2.69. The predicted octanol–water partition coefficient (Wildman–Crippen LogP) is 3.99. The first kappa shape index (κ1) is 16.5. The molecule has 1 atom stereocenters. The Kier molecular flexibility index (Phi) is 5.57. The summed E-state index contributed by atoms with van der Waals surface area (Å²) in [6.45, 7) is 0. The van der Waals surface area contributed by atoms with E-state index >= 15 is 0 Å². The highest BCUT2D eigenvalue weighted by atomic mass is 32.2. The van der Waals surface area contributed by atoms with Gasteiger partial charge >= 0.3 is 5.97 Å². The number of carboxylic acids is 1. The van der Waals surface area contributed by atoms with E-state index in [0.29, 0.717) is 4.20 Å². The van der Waals surface area contributed by atoms with Crippen LogP contribution in [0.4, 0.5) is 5.69 Å². The largest absolute Gasteiger partial charge is 0.480 e. The van der Waals surface area contributed by atoms with Gasteiger partial charge in [-0.1, -0.05) is 66.4 Å². The maximum absolute atomic E-state index is 11.5. The van der Waals surface area contributed by atoms with Crippen molar-refractivity contribution >= 4 is 39.8 Å². The quantitative estimate of drug-likeness (QED) is 0.839. The third-order valence-corrected chi connectivity index (χ3v) is 4.85. The minimum Gasteiger partial charge on any atom is -0.480 e. The van der Waals surface area contributed by atoms with Crippen LogP contribution in [-0.2, 0) is 4.79 Å². The second-order valence-electron chi connectivity index (χ2n) is 4.98. The molecule has 0 saturated heterocycles. The molecular formula is C17H17NO2S2. The zero-order valence-corrected chi connectivity index (χ0v) is 14.0. The maximum atomic E-state index is 11.5. The zero-order valence-electron chi connectivity index (χ0n) is 12.4. The molecule has 1 N–H and O–H groups in total. The fraction of sp³-hybridized carbons (Fsp3) is 0.176. The van der Waals surface area contributed by atoms with Gasteiger partial charge in [-0.25, -0.2) is 0 Å². The lowest BCUT2D eigenvalue weighted by molar-refractivity contribution is -0.136. The highest BCUT2D eigenvalue weighted by Crippen LogP contribution is 2.32. The van der Waals surface area contributed by atoms with E-state index in [-0.39, 0.29) is 0 Å². The molecule has 1 unspecified atom stereocenters. The van der Waals surface area contributed by atoms with Crippen LogP contribution < -0.4 is 4.90 Å². The van der Waals surface area contributed by atoms with Gasteiger partial charge in [0.15, 0.2) is 0 Å². The molecule has 0 aliphatic heterocycles. The van der Waals surface area contributed by atoms with Gasteiger partial charge in [0.1, 0.15) is 5.25 Å². The standard InChI is InChI=1S/C17H17NO2S2/c1-18(2)14-10-8-13(9-11-14)17(21)22-15(16(19)20)12-6-4-3-5-7-12/h3-11,15H,1-2H3,(H,19,20). The SMILES string of the molecule is CN(C)c1ccc(C(=S)SC(C(=O)O)c2ccccc2)cc1. The van der Waals surface area contributed by atoms with Crippen LogP contribution in [0.15, 0.2) is 54.6 Å². The smallest absolute Gasteiger partial charge is 0.321 e. The van der Waals surface area contributed by atoms with Crippen molar-refractivity contribution in [2.24, 2.45) is 0 Å². The minimum atomic E-state index is -0.886. The second-order valence-corrected chi connectivity index (χ2v) is 6.76. The fourth-order valence-electron chi connectivity index (χ4n) is 1.96. The first-order chi connectivity index (χ1) is 10.5. The van der Waals surface area contributed by atoms with Crippen molar-refractivity contribution in [2.75, 3.05) is 19.0 Å². The zero-order chi connectivity index (χ0) is 16.1. The van der Waals surface area contributed by atoms with Gasteiger partial charge in [0.2, 0.25) is 0 Å². The Morgan fingerprint density at radius 2 is 1.68 bits per heavy atom. The Morgan fingerprint density at radius 3 is 2.18 bits per heavy atom. The third-order valence-electron chi connectivity index (χ3n) is 3.17. The highest BCUT2D eigenvalue weighted by molar-refractivity contribution is 8.24. The summed E-state index contributed by atoms with van der Waals surface area (Å²) >= 11 is 6.60. The summed E-state index contributed by atoms with van der Waals surface area (Å²) in [6, 6.07) is 16.9. The number of benzene rings is 2. The first-order valence-electron chi connectivity index (χ1n) is 6.75. The van der Waals surface area contributed by atoms with Crippen LogP contribution in [0, 0.1) is 0 Å². The number of anilines is 1. The Morgan fingerprint density at radius 1 is 1.09 bits per heavy atom. The van der Waals surface area contributed by atoms with Crippen LogP contribution in [0.2, 0.25) is 0 Å². The monoisotopic (exact) mass is 331 g/mol. The number of hydrogen-bond donors (Lipinski definition) is 1. The lowest BCUT2D eigenvalue weighted by atomic mass is 10.1. The lowest BCUT2D eigenvalue weighted by Gasteiger charge is -2.15. The molecule has 0 aliphatic carbocycles. The van der Waals surface area contributed by atoms with Gasteiger partial charge < -0.3 is 10.0 Å². The van der Waals surface area contributed by atoms with Gasteiger partial charge in [0.05, 0.1) is 4.20 Å². The van der Waals surface area contributed by atoms with Gasteiger partial charge in [-0.05, 0) is 23.3 Å². The van der Waals surface area contributed by atoms with Gasteiger partial charge in [-0.15, -0.1) is 0 Å². The molecule has 0 saturated carbocycles. The third kappa shape index (κ3) is 4.08. The van der Waals surface area contributed by atoms with Gasteiger partial charge in [0.25, 0.3) is 0 Å². The lowest BCUT2D eigenvalue weighted by Crippen LogP contribution is -2.11. The first-order valence-corrected chi connectivity index (χ1v) is 8.04. The molecule has 0 amide bonds. The summed E-state index contributed by atoms with van der Waals surface area (Å²) in [5, 5.41) is 8.76. The number of thiocarbonyl (C=S) groups is 1. The molecule has 2 aromatic rings. The van der Waals surface area contributed by atoms with Crippen molar-refractivity contribution in [1.82, 2.24) is 0 Å². The molecule has 0 aromatic heterocycles. The number of thioether (sulfide) groups is 1. The van der Waals surface area contributed by atoms with Gasteiger partial charge in [-0.3, -0.25) is 4.79 Å². The fourth-order valence-corrected chi connectivity index (χ4v) is 3.26. The summed E-state index contributed by atoms with van der Waals surface area (Å²) in [7, 11) is 3.94. The predicted molar refractivity (Wildman–Crippen MR) is 96.9 cm³/mol. The summed E-state index contributed by atoms with van der Waals surface area (Å²) in [6.07, 6.45) is 0. The Hall–Kier alpha value is -1.85. The van der Waals surface area contributed by atoms with Crippen molar-refractivity contribution in [3.8, 4) is 0 Å². The number of carbonyl (C=O) groups is 1. The minimum absolute atomic E-state index is 0.585. The van der Waals surface area contributed by atoms with Gasteiger partial charge in [0, 0.05) is 19.8 Å². The van der Waals surface area contributed by atoms with E-state index < -0.39 is 11.2 Å². The number of rotatable bonds is 5. The van der Waals surface area contributed by atoms with E-state index in [4.69, 9.17) is 12.2 Å². The highest BCUT2D eigenvalue weighted by Gasteiger charge is 2.22. The van der Waals surface area contributed by atoms with Crippen LogP contribution >= 0.6 is 24.0 Å². The average molecular weight is 331 g/mol. The molecule has 0 heterocycles. The number of nitrogens with zero attached hydrogens (tertiary/aromatic N) is 1. The Bertz CT molecular complexity index is 654. The van der Waals surface area contributed by atoms with Gasteiger partial charge in [-0.2, -0.15) is 0 Å². The van der Waals surface area contributed by atoms with Crippen molar-refractivity contribution in [3.05, 3.63) is 65.7 Å². The normalized spacial score (nSPS) is 11.7. The molecule has 5 heteroatoms. The second kappa shape index (κ2) is 7.42. The van der Waals surface area contributed by atoms with Crippen molar-refractivity contribution in [2.45, 2.75) is 5.25 Å². The molecule has 0 spiro atoms. The van der Waals surface area contributed by atoms with E-state index in [1.165, 1.54) is 11.8 Å². The topological polar surface area (TPSA) is 40.5 Å².